The molecule has 2 nitrogen and oxygen atoms in total. The number of hydrogen-bond acceptors (Lipinski definition) is 2. The number of benzene rings is 1. The van der Waals surface area contributed by atoms with E-state index in [4.69, 9.17) is 4.74 Å². The Bertz CT molecular complexity index is 380. The Morgan fingerprint density at radius 1 is 1.35 bits per heavy atom. The first-order valence-electron chi connectivity index (χ1n) is 6.29. The van der Waals surface area contributed by atoms with E-state index in [1.165, 1.54) is 18.9 Å². The fourth-order valence-corrected chi connectivity index (χ4v) is 2.40. The maximum absolute atomic E-state index is 13.1. The highest BCUT2D eigenvalue weighted by Crippen LogP contribution is 2.24. The summed E-state index contributed by atoms with van der Waals surface area (Å²) in [5, 5.41) is 3.30. The minimum Gasteiger partial charge on any atom is -0.490 e. The van der Waals surface area contributed by atoms with Crippen LogP contribution in [0.5, 0.6) is 5.75 Å². The van der Waals surface area contributed by atoms with Gasteiger partial charge in [-0.15, -0.1) is 0 Å². The zero-order valence-corrected chi connectivity index (χ0v) is 10.5. The first-order valence-corrected chi connectivity index (χ1v) is 6.29. The molecule has 0 saturated heterocycles. The van der Waals surface area contributed by atoms with Gasteiger partial charge in [0.15, 0.2) is 0 Å². The normalized spacial score (nSPS) is 24.6. The third-order valence-electron chi connectivity index (χ3n) is 3.47. The first-order chi connectivity index (χ1) is 8.19. The molecule has 94 valence electrons. The van der Waals surface area contributed by atoms with Crippen LogP contribution in [0, 0.1) is 12.7 Å². The highest BCUT2D eigenvalue weighted by molar-refractivity contribution is 5.29. The van der Waals surface area contributed by atoms with Crippen molar-refractivity contribution in [1.82, 2.24) is 5.32 Å². The van der Waals surface area contributed by atoms with E-state index in [1.54, 1.807) is 19.1 Å². The van der Waals surface area contributed by atoms with Crippen molar-refractivity contribution in [3.05, 3.63) is 29.6 Å². The molecule has 1 saturated carbocycles. The fourth-order valence-electron chi connectivity index (χ4n) is 2.40. The van der Waals surface area contributed by atoms with E-state index in [2.05, 4.69) is 5.32 Å². The number of aryl methyl sites for hydroxylation is 1. The summed E-state index contributed by atoms with van der Waals surface area (Å²) < 4.78 is 19.0. The molecule has 1 aliphatic carbocycles. The Hall–Kier alpha value is -1.09. The summed E-state index contributed by atoms with van der Waals surface area (Å²) in [7, 11) is 2.00. The van der Waals surface area contributed by atoms with Gasteiger partial charge in [-0.05, 0) is 63.4 Å². The van der Waals surface area contributed by atoms with Gasteiger partial charge in [0.05, 0.1) is 0 Å². The van der Waals surface area contributed by atoms with Crippen molar-refractivity contribution in [2.45, 2.75) is 44.8 Å². The third-order valence-corrected chi connectivity index (χ3v) is 3.47. The second-order valence-electron chi connectivity index (χ2n) is 4.80. The fraction of sp³-hybridized carbons (Fsp3) is 0.571. The van der Waals surface area contributed by atoms with Crippen LogP contribution >= 0.6 is 0 Å². The maximum Gasteiger partial charge on any atom is 0.126 e. The summed E-state index contributed by atoms with van der Waals surface area (Å²) in [4.78, 5) is 0. The Morgan fingerprint density at radius 2 is 2.18 bits per heavy atom. The zero-order chi connectivity index (χ0) is 12.3. The van der Waals surface area contributed by atoms with Gasteiger partial charge in [0.25, 0.3) is 0 Å². The van der Waals surface area contributed by atoms with Crippen molar-refractivity contribution in [2.24, 2.45) is 0 Å². The highest BCUT2D eigenvalue weighted by Gasteiger charge is 2.22. The molecule has 1 N–H and O–H groups in total. The van der Waals surface area contributed by atoms with Crippen LogP contribution in [0.15, 0.2) is 18.2 Å². The van der Waals surface area contributed by atoms with Crippen LogP contribution in [0.1, 0.15) is 31.2 Å². The summed E-state index contributed by atoms with van der Waals surface area (Å²) in [6, 6.07) is 5.52. The first kappa shape index (κ1) is 12.4. The standard InChI is InChI=1S/C14H20FNO/c1-10-8-13(6-7-14(10)15)17-12-5-3-4-11(9-12)16-2/h6-8,11-12,16H,3-5,9H2,1-2H3. The SMILES string of the molecule is CNC1CCCC(Oc2ccc(F)c(C)c2)C1. The van der Waals surface area contributed by atoms with Gasteiger partial charge in [-0.1, -0.05) is 0 Å². The lowest BCUT2D eigenvalue weighted by Gasteiger charge is -2.29. The molecule has 1 fully saturated rings. The van der Waals surface area contributed by atoms with Crippen molar-refractivity contribution in [3.63, 3.8) is 0 Å². The maximum atomic E-state index is 13.1. The monoisotopic (exact) mass is 237 g/mol. The molecule has 1 aromatic rings. The molecule has 0 aliphatic heterocycles. The number of halogens is 1. The summed E-state index contributed by atoms with van der Waals surface area (Å²) in [6.07, 6.45) is 4.79. The lowest BCUT2D eigenvalue weighted by Crippen LogP contribution is -2.36. The van der Waals surface area contributed by atoms with E-state index in [0.717, 1.165) is 18.6 Å². The molecule has 0 spiro atoms. The van der Waals surface area contributed by atoms with Gasteiger partial charge in [0.1, 0.15) is 17.7 Å². The zero-order valence-electron chi connectivity index (χ0n) is 10.5. The van der Waals surface area contributed by atoms with Crippen LogP contribution in [0.2, 0.25) is 0 Å². The van der Waals surface area contributed by atoms with E-state index in [-0.39, 0.29) is 11.9 Å². The predicted octanol–water partition coefficient (Wildman–Crippen LogP) is 3.04. The second-order valence-corrected chi connectivity index (χ2v) is 4.80. The van der Waals surface area contributed by atoms with Crippen molar-refractivity contribution in [3.8, 4) is 5.75 Å². The average molecular weight is 237 g/mol. The summed E-state index contributed by atoms with van der Waals surface area (Å²) in [6.45, 7) is 1.76. The third kappa shape index (κ3) is 3.19. The molecule has 17 heavy (non-hydrogen) atoms. The van der Waals surface area contributed by atoms with Crippen LogP contribution < -0.4 is 10.1 Å². The predicted molar refractivity (Wildman–Crippen MR) is 66.9 cm³/mol. The van der Waals surface area contributed by atoms with Gasteiger partial charge in [-0.25, -0.2) is 4.39 Å². The quantitative estimate of drug-likeness (QED) is 0.872. The van der Waals surface area contributed by atoms with Gasteiger partial charge in [0.2, 0.25) is 0 Å². The van der Waals surface area contributed by atoms with Crippen LogP contribution in [0.25, 0.3) is 0 Å². The summed E-state index contributed by atoms with van der Waals surface area (Å²) in [5.41, 5.74) is 0.642. The van der Waals surface area contributed by atoms with E-state index in [9.17, 15) is 4.39 Å². The lowest BCUT2D eigenvalue weighted by atomic mass is 9.93. The Labute approximate surface area is 102 Å². The number of hydrogen-bond donors (Lipinski definition) is 1. The molecule has 0 amide bonds. The molecule has 2 rings (SSSR count). The van der Waals surface area contributed by atoms with Crippen LogP contribution in [-0.2, 0) is 0 Å². The average Bonchev–Trinajstić information content (AvgIpc) is 2.34. The summed E-state index contributed by atoms with van der Waals surface area (Å²) in [5.74, 6) is 0.611. The highest BCUT2D eigenvalue weighted by atomic mass is 19.1. The van der Waals surface area contributed by atoms with Gasteiger partial charge >= 0.3 is 0 Å². The van der Waals surface area contributed by atoms with Crippen LogP contribution in [0.3, 0.4) is 0 Å². The van der Waals surface area contributed by atoms with E-state index < -0.39 is 0 Å². The Kier molecular flexibility index (Phi) is 4.00. The largest absolute Gasteiger partial charge is 0.490 e. The van der Waals surface area contributed by atoms with E-state index in [1.807, 2.05) is 7.05 Å². The lowest BCUT2D eigenvalue weighted by molar-refractivity contribution is 0.137. The minimum atomic E-state index is -0.172. The molecular formula is C14H20FNO. The van der Waals surface area contributed by atoms with Gasteiger partial charge in [0, 0.05) is 6.04 Å². The topological polar surface area (TPSA) is 21.3 Å². The molecule has 0 aromatic heterocycles. The van der Waals surface area contributed by atoms with Gasteiger partial charge < -0.3 is 10.1 Å². The Balaban J connectivity index is 1.97. The van der Waals surface area contributed by atoms with Gasteiger partial charge in [-0.2, -0.15) is 0 Å². The molecule has 0 bridgehead atoms. The van der Waals surface area contributed by atoms with Crippen molar-refractivity contribution >= 4 is 0 Å². The molecular weight excluding hydrogens is 217 g/mol. The molecule has 1 aromatic carbocycles. The molecule has 2 unspecified atom stereocenters. The molecule has 2 atom stereocenters. The Morgan fingerprint density at radius 3 is 2.88 bits per heavy atom. The molecule has 0 radical (unpaired) electrons. The smallest absolute Gasteiger partial charge is 0.126 e. The van der Waals surface area contributed by atoms with Crippen LogP contribution in [0.4, 0.5) is 4.39 Å². The van der Waals surface area contributed by atoms with E-state index in [0.29, 0.717) is 11.6 Å². The number of nitrogens with one attached hydrogen (secondary N) is 1. The number of ether oxygens (including phenoxy) is 1. The second kappa shape index (κ2) is 5.50. The van der Waals surface area contributed by atoms with Gasteiger partial charge in [-0.3, -0.25) is 0 Å². The molecule has 3 heteroatoms. The summed E-state index contributed by atoms with van der Waals surface area (Å²) >= 11 is 0. The van der Waals surface area contributed by atoms with Crippen LogP contribution in [-0.4, -0.2) is 19.2 Å². The van der Waals surface area contributed by atoms with Crippen molar-refractivity contribution in [2.75, 3.05) is 7.05 Å². The van der Waals surface area contributed by atoms with E-state index >= 15 is 0 Å². The van der Waals surface area contributed by atoms with Crippen molar-refractivity contribution < 1.29 is 9.13 Å². The number of rotatable bonds is 3. The molecule has 0 heterocycles. The molecule has 1 aliphatic rings. The minimum absolute atomic E-state index is 0.172. The van der Waals surface area contributed by atoms with Crippen molar-refractivity contribution in [1.29, 1.82) is 0 Å².